The number of amides is 1. The van der Waals surface area contributed by atoms with Gasteiger partial charge in [-0.1, -0.05) is 0 Å². The number of hydrogen-bond donors (Lipinski definition) is 1. The third-order valence-electron chi connectivity index (χ3n) is 4.02. The van der Waals surface area contributed by atoms with Crippen LogP contribution >= 0.6 is 0 Å². The Balaban J connectivity index is 1.90. The van der Waals surface area contributed by atoms with Crippen molar-refractivity contribution in [1.29, 1.82) is 0 Å². The van der Waals surface area contributed by atoms with Gasteiger partial charge in [0.05, 0.1) is 10.6 Å². The molecule has 1 N–H and O–H groups in total. The molecule has 0 unspecified atom stereocenters. The van der Waals surface area contributed by atoms with Gasteiger partial charge < -0.3 is 4.90 Å². The van der Waals surface area contributed by atoms with Crippen LogP contribution in [-0.4, -0.2) is 20.9 Å². The Morgan fingerprint density at radius 1 is 1.12 bits per heavy atom. The zero-order valence-corrected chi connectivity index (χ0v) is 14.2. The lowest BCUT2D eigenvalue weighted by molar-refractivity contribution is -0.117. The van der Waals surface area contributed by atoms with E-state index in [0.717, 1.165) is 18.6 Å². The van der Waals surface area contributed by atoms with Crippen molar-refractivity contribution in [3.05, 3.63) is 53.6 Å². The van der Waals surface area contributed by atoms with E-state index in [0.29, 0.717) is 30.3 Å². The highest BCUT2D eigenvalue weighted by atomic mass is 32.2. The van der Waals surface area contributed by atoms with E-state index in [4.69, 9.17) is 0 Å². The number of nitrogens with zero attached hydrogens (tertiary/aromatic N) is 1. The second-order valence-corrected chi connectivity index (χ2v) is 7.51. The average Bonchev–Trinajstić information content (AvgIpc) is 2.96. The first-order chi connectivity index (χ1) is 11.8. The van der Waals surface area contributed by atoms with Crippen LogP contribution in [-0.2, 0) is 14.8 Å². The molecule has 132 valence electrons. The van der Waals surface area contributed by atoms with Gasteiger partial charge in [0.2, 0.25) is 5.91 Å². The summed E-state index contributed by atoms with van der Waals surface area (Å²) in [7, 11) is -4.04. The van der Waals surface area contributed by atoms with Crippen molar-refractivity contribution in [1.82, 2.24) is 0 Å². The van der Waals surface area contributed by atoms with Gasteiger partial charge in [-0.3, -0.25) is 9.52 Å². The van der Waals surface area contributed by atoms with E-state index in [1.54, 1.807) is 17.9 Å². The lowest BCUT2D eigenvalue weighted by Gasteiger charge is -2.19. The highest BCUT2D eigenvalue weighted by Crippen LogP contribution is 2.28. The van der Waals surface area contributed by atoms with Crippen molar-refractivity contribution in [2.45, 2.75) is 24.7 Å². The first kappa shape index (κ1) is 17.3. The molecule has 0 radical (unpaired) electrons. The standard InChI is InChI=1S/C17H16F2N2O3S/c1-11-9-13(5-7-16(11)21-8-2-3-17(21)22)25(23,24)20-15-6-4-12(18)10-14(15)19/h4-7,9-10,20H,2-3,8H2,1H3. The van der Waals surface area contributed by atoms with E-state index in [-0.39, 0.29) is 16.5 Å². The number of benzene rings is 2. The summed E-state index contributed by atoms with van der Waals surface area (Å²) in [5, 5.41) is 0. The minimum absolute atomic E-state index is 0.00483. The number of sulfonamides is 1. The lowest BCUT2D eigenvalue weighted by Crippen LogP contribution is -2.24. The maximum atomic E-state index is 13.7. The third kappa shape index (κ3) is 3.48. The number of aryl methyl sites for hydroxylation is 1. The van der Waals surface area contributed by atoms with Gasteiger partial charge in [-0.2, -0.15) is 0 Å². The van der Waals surface area contributed by atoms with Gasteiger partial charge in [-0.05, 0) is 49.2 Å². The number of hydrogen-bond acceptors (Lipinski definition) is 3. The van der Waals surface area contributed by atoms with Gasteiger partial charge in [0.15, 0.2) is 0 Å². The van der Waals surface area contributed by atoms with Crippen molar-refractivity contribution in [3.63, 3.8) is 0 Å². The highest BCUT2D eigenvalue weighted by Gasteiger charge is 2.24. The van der Waals surface area contributed by atoms with Crippen LogP contribution < -0.4 is 9.62 Å². The zero-order valence-electron chi connectivity index (χ0n) is 13.4. The second-order valence-electron chi connectivity index (χ2n) is 5.83. The molecule has 0 aromatic heterocycles. The number of nitrogens with one attached hydrogen (secondary N) is 1. The van der Waals surface area contributed by atoms with E-state index >= 15 is 0 Å². The van der Waals surface area contributed by atoms with Crippen molar-refractivity contribution in [2.75, 3.05) is 16.2 Å². The molecule has 1 heterocycles. The molecule has 0 aliphatic carbocycles. The molecule has 2 aromatic carbocycles. The number of halogens is 2. The Bertz CT molecular complexity index is 945. The SMILES string of the molecule is Cc1cc(S(=O)(=O)Nc2ccc(F)cc2F)ccc1N1CCCC1=O. The molecule has 0 saturated carbocycles. The molecule has 1 amide bonds. The molecule has 1 aliphatic rings. The molecule has 0 atom stereocenters. The van der Waals surface area contributed by atoms with Gasteiger partial charge in [-0.15, -0.1) is 0 Å². The van der Waals surface area contributed by atoms with Crippen LogP contribution in [0.2, 0.25) is 0 Å². The number of carbonyl (C=O) groups is 1. The average molecular weight is 366 g/mol. The first-order valence-electron chi connectivity index (χ1n) is 7.67. The van der Waals surface area contributed by atoms with Gasteiger partial charge in [0, 0.05) is 24.7 Å². The van der Waals surface area contributed by atoms with Crippen LogP contribution in [0, 0.1) is 18.6 Å². The van der Waals surface area contributed by atoms with E-state index < -0.39 is 21.7 Å². The maximum absolute atomic E-state index is 13.7. The van der Waals surface area contributed by atoms with Crippen LogP contribution in [0.5, 0.6) is 0 Å². The van der Waals surface area contributed by atoms with E-state index in [2.05, 4.69) is 4.72 Å². The number of rotatable bonds is 4. The Morgan fingerprint density at radius 2 is 1.88 bits per heavy atom. The quantitative estimate of drug-likeness (QED) is 0.904. The molecule has 25 heavy (non-hydrogen) atoms. The van der Waals surface area contributed by atoms with Crippen LogP contribution in [0.3, 0.4) is 0 Å². The molecule has 0 bridgehead atoms. The molecule has 1 aliphatic heterocycles. The summed E-state index contributed by atoms with van der Waals surface area (Å²) >= 11 is 0. The summed E-state index contributed by atoms with van der Waals surface area (Å²) in [6.07, 6.45) is 1.24. The van der Waals surface area contributed by atoms with Gasteiger partial charge in [0.25, 0.3) is 10.0 Å². The smallest absolute Gasteiger partial charge is 0.261 e. The van der Waals surface area contributed by atoms with Gasteiger partial charge in [0.1, 0.15) is 11.6 Å². The van der Waals surface area contributed by atoms with Crippen molar-refractivity contribution < 1.29 is 22.0 Å². The summed E-state index contributed by atoms with van der Waals surface area (Å²) in [4.78, 5) is 13.4. The summed E-state index contributed by atoms with van der Waals surface area (Å²) in [6, 6.07) is 6.93. The molecule has 5 nitrogen and oxygen atoms in total. The third-order valence-corrected chi connectivity index (χ3v) is 5.38. The molecule has 0 spiro atoms. The zero-order chi connectivity index (χ0) is 18.2. The molecule has 2 aromatic rings. The van der Waals surface area contributed by atoms with Crippen molar-refractivity contribution >= 4 is 27.3 Å². The maximum Gasteiger partial charge on any atom is 0.261 e. The van der Waals surface area contributed by atoms with Crippen LogP contribution in [0.4, 0.5) is 20.2 Å². The van der Waals surface area contributed by atoms with Gasteiger partial charge in [-0.25, -0.2) is 17.2 Å². The highest BCUT2D eigenvalue weighted by molar-refractivity contribution is 7.92. The Labute approximate surface area is 144 Å². The predicted octanol–water partition coefficient (Wildman–Crippen LogP) is 3.20. The first-order valence-corrected chi connectivity index (χ1v) is 9.15. The van der Waals surface area contributed by atoms with Crippen LogP contribution in [0.1, 0.15) is 18.4 Å². The largest absolute Gasteiger partial charge is 0.312 e. The Kier molecular flexibility index (Phi) is 4.47. The molecular formula is C17H16F2N2O3S. The van der Waals surface area contributed by atoms with Gasteiger partial charge >= 0.3 is 0 Å². The second kappa shape index (κ2) is 6.44. The minimum atomic E-state index is -4.04. The number of anilines is 2. The summed E-state index contributed by atoms with van der Waals surface area (Å²) in [5.74, 6) is -1.79. The molecule has 3 rings (SSSR count). The molecular weight excluding hydrogens is 350 g/mol. The van der Waals surface area contributed by atoms with E-state index in [1.165, 1.54) is 12.1 Å². The van der Waals surface area contributed by atoms with Crippen LogP contribution in [0.25, 0.3) is 0 Å². The Morgan fingerprint density at radius 3 is 2.48 bits per heavy atom. The fraction of sp³-hybridized carbons (Fsp3) is 0.235. The predicted molar refractivity (Wildman–Crippen MR) is 89.9 cm³/mol. The summed E-state index contributed by atoms with van der Waals surface area (Å²) in [6.45, 7) is 2.31. The minimum Gasteiger partial charge on any atom is -0.312 e. The lowest BCUT2D eigenvalue weighted by atomic mass is 10.2. The van der Waals surface area contributed by atoms with Crippen LogP contribution in [0.15, 0.2) is 41.3 Å². The summed E-state index contributed by atoms with van der Waals surface area (Å²) in [5.41, 5.74) is 0.949. The van der Waals surface area contributed by atoms with E-state index in [9.17, 15) is 22.0 Å². The normalized spacial score (nSPS) is 14.8. The summed E-state index contributed by atoms with van der Waals surface area (Å²) < 4.78 is 53.6. The van der Waals surface area contributed by atoms with Crippen molar-refractivity contribution in [3.8, 4) is 0 Å². The Hall–Kier alpha value is -2.48. The van der Waals surface area contributed by atoms with E-state index in [1.807, 2.05) is 0 Å². The molecule has 1 saturated heterocycles. The fourth-order valence-electron chi connectivity index (χ4n) is 2.78. The molecule has 8 heteroatoms. The fourth-order valence-corrected chi connectivity index (χ4v) is 3.93. The monoisotopic (exact) mass is 366 g/mol. The topological polar surface area (TPSA) is 66.5 Å². The van der Waals surface area contributed by atoms with Crippen molar-refractivity contribution in [2.24, 2.45) is 0 Å². The number of carbonyl (C=O) groups excluding carboxylic acids is 1. The molecule has 1 fully saturated rings.